The largest absolute Gasteiger partial charge is 0.380 e. The van der Waals surface area contributed by atoms with Crippen molar-refractivity contribution >= 4 is 18.0 Å². The first kappa shape index (κ1) is 17.0. The molecule has 0 aromatic rings. The van der Waals surface area contributed by atoms with Crippen molar-refractivity contribution in [3.63, 3.8) is 0 Å². The maximum Gasteiger partial charge on any atom is 0.325 e. The summed E-state index contributed by atoms with van der Waals surface area (Å²) >= 11 is 0. The predicted molar refractivity (Wildman–Crippen MR) is 86.5 cm³/mol. The van der Waals surface area contributed by atoms with Gasteiger partial charge in [0.25, 0.3) is 5.91 Å². The molecule has 2 N–H and O–H groups in total. The van der Waals surface area contributed by atoms with Crippen LogP contribution >= 0.6 is 0 Å². The average molecular weight is 338 g/mol. The Balaban J connectivity index is 1.41. The van der Waals surface area contributed by atoms with Crippen molar-refractivity contribution in [2.24, 2.45) is 0 Å². The van der Waals surface area contributed by atoms with Gasteiger partial charge in [0.2, 0.25) is 0 Å². The van der Waals surface area contributed by atoms with Gasteiger partial charge in [-0.1, -0.05) is 12.8 Å². The number of urea groups is 2. The van der Waals surface area contributed by atoms with E-state index in [1.807, 2.05) is 0 Å². The van der Waals surface area contributed by atoms with Crippen molar-refractivity contribution in [2.45, 2.75) is 44.1 Å². The van der Waals surface area contributed by atoms with Crippen molar-refractivity contribution < 1.29 is 19.1 Å². The number of ether oxygens (including phenoxy) is 1. The van der Waals surface area contributed by atoms with Crippen molar-refractivity contribution in [3.05, 3.63) is 0 Å². The molecule has 3 aliphatic rings. The van der Waals surface area contributed by atoms with Crippen molar-refractivity contribution in [3.8, 4) is 0 Å². The summed E-state index contributed by atoms with van der Waals surface area (Å²) in [4.78, 5) is 39.7. The summed E-state index contributed by atoms with van der Waals surface area (Å²) in [7, 11) is 0. The maximum absolute atomic E-state index is 12.5. The van der Waals surface area contributed by atoms with Crippen molar-refractivity contribution in [1.29, 1.82) is 0 Å². The third-order valence-electron chi connectivity index (χ3n) is 5.05. The number of hydrogen-bond donors (Lipinski definition) is 2. The lowest BCUT2D eigenvalue weighted by Crippen LogP contribution is -2.44. The van der Waals surface area contributed by atoms with E-state index in [0.29, 0.717) is 45.8 Å². The molecule has 5 amide bonds. The molecule has 2 saturated heterocycles. The Hall–Kier alpha value is -1.83. The molecule has 2 aliphatic heterocycles. The van der Waals surface area contributed by atoms with Gasteiger partial charge in [0.15, 0.2) is 0 Å². The van der Waals surface area contributed by atoms with Crippen LogP contribution in [0.5, 0.6) is 0 Å². The number of imide groups is 1. The molecule has 1 saturated carbocycles. The minimum Gasteiger partial charge on any atom is -0.380 e. The molecule has 0 aromatic carbocycles. The summed E-state index contributed by atoms with van der Waals surface area (Å²) in [5, 5.41) is 5.72. The standard InChI is InChI=1S/C16H26N4O4/c21-13-16(5-1-2-6-16)18-15(23)20(13)9-3-7-17-14(22)19-8-4-11-24-12-10-19/h1-12H2,(H,17,22)(H,18,23). The van der Waals surface area contributed by atoms with Crippen LogP contribution in [0.4, 0.5) is 9.59 Å². The predicted octanol–water partition coefficient (Wildman–Crippen LogP) is 0.673. The minimum absolute atomic E-state index is 0.0963. The smallest absolute Gasteiger partial charge is 0.325 e. The quantitative estimate of drug-likeness (QED) is 0.582. The molecule has 3 rings (SSSR count). The SMILES string of the molecule is O=C(NCCCN1C(=O)NC2(CCCC2)C1=O)N1CCCOCC1. The summed E-state index contributed by atoms with van der Waals surface area (Å²) < 4.78 is 5.33. The van der Waals surface area contributed by atoms with Gasteiger partial charge in [0, 0.05) is 32.8 Å². The van der Waals surface area contributed by atoms with Gasteiger partial charge in [0.1, 0.15) is 5.54 Å². The van der Waals surface area contributed by atoms with E-state index in [4.69, 9.17) is 4.74 Å². The van der Waals surface area contributed by atoms with Gasteiger partial charge in [-0.3, -0.25) is 9.69 Å². The molecule has 1 aliphatic carbocycles. The van der Waals surface area contributed by atoms with E-state index in [1.54, 1.807) is 4.90 Å². The first-order valence-electron chi connectivity index (χ1n) is 8.87. The molecule has 8 heteroatoms. The Morgan fingerprint density at radius 3 is 2.75 bits per heavy atom. The Labute approximate surface area is 141 Å². The van der Waals surface area contributed by atoms with Crippen molar-refractivity contribution in [2.75, 3.05) is 39.4 Å². The number of rotatable bonds is 4. The monoisotopic (exact) mass is 338 g/mol. The van der Waals surface area contributed by atoms with Crippen LogP contribution in [0, 0.1) is 0 Å². The molecule has 0 unspecified atom stereocenters. The molecule has 0 atom stereocenters. The highest BCUT2D eigenvalue weighted by atomic mass is 16.5. The zero-order chi connectivity index (χ0) is 17.0. The van der Waals surface area contributed by atoms with Crippen LogP contribution in [-0.4, -0.2) is 72.7 Å². The first-order chi connectivity index (χ1) is 11.6. The lowest BCUT2D eigenvalue weighted by molar-refractivity contribution is -0.131. The molecule has 134 valence electrons. The van der Waals surface area contributed by atoms with Crippen LogP contribution in [-0.2, 0) is 9.53 Å². The van der Waals surface area contributed by atoms with Crippen LogP contribution in [0.25, 0.3) is 0 Å². The normalized spacial score (nSPS) is 23.5. The Morgan fingerprint density at radius 1 is 1.17 bits per heavy atom. The number of nitrogens with one attached hydrogen (secondary N) is 2. The molecular weight excluding hydrogens is 312 g/mol. The third-order valence-corrected chi connectivity index (χ3v) is 5.05. The van der Waals surface area contributed by atoms with Gasteiger partial charge in [-0.25, -0.2) is 9.59 Å². The fourth-order valence-corrected chi connectivity index (χ4v) is 3.69. The summed E-state index contributed by atoms with van der Waals surface area (Å²) in [6, 6.07) is -0.400. The number of carbonyl (C=O) groups excluding carboxylic acids is 3. The van der Waals surface area contributed by atoms with Crippen LogP contribution in [0.2, 0.25) is 0 Å². The van der Waals surface area contributed by atoms with E-state index in [-0.39, 0.29) is 18.0 Å². The number of hydrogen-bond acceptors (Lipinski definition) is 4. The topological polar surface area (TPSA) is 91.0 Å². The molecule has 8 nitrogen and oxygen atoms in total. The third kappa shape index (κ3) is 3.48. The second kappa shape index (κ2) is 7.38. The summed E-state index contributed by atoms with van der Waals surface area (Å²) in [5.74, 6) is -0.0963. The number of nitrogens with zero attached hydrogens (tertiary/aromatic N) is 2. The highest BCUT2D eigenvalue weighted by molar-refractivity contribution is 6.07. The molecule has 0 bridgehead atoms. The molecule has 0 aromatic heterocycles. The fraction of sp³-hybridized carbons (Fsp3) is 0.812. The molecular formula is C16H26N4O4. The highest BCUT2D eigenvalue weighted by Gasteiger charge is 2.51. The van der Waals surface area contributed by atoms with Gasteiger partial charge in [-0.2, -0.15) is 0 Å². The van der Waals surface area contributed by atoms with Gasteiger partial charge >= 0.3 is 12.1 Å². The van der Waals surface area contributed by atoms with Crippen LogP contribution in [0.15, 0.2) is 0 Å². The van der Waals surface area contributed by atoms with E-state index in [0.717, 1.165) is 32.1 Å². The van der Waals surface area contributed by atoms with Gasteiger partial charge in [-0.05, 0) is 25.7 Å². The van der Waals surface area contributed by atoms with E-state index in [1.165, 1.54) is 4.90 Å². The average Bonchev–Trinajstić information content (AvgIpc) is 2.99. The minimum atomic E-state index is -0.646. The molecule has 24 heavy (non-hydrogen) atoms. The zero-order valence-electron chi connectivity index (χ0n) is 14.0. The summed E-state index contributed by atoms with van der Waals surface area (Å²) in [5.41, 5.74) is -0.646. The maximum atomic E-state index is 12.5. The molecule has 0 radical (unpaired) electrons. The second-order valence-electron chi connectivity index (χ2n) is 6.71. The van der Waals surface area contributed by atoms with Crippen LogP contribution < -0.4 is 10.6 Å². The van der Waals surface area contributed by atoms with Gasteiger partial charge < -0.3 is 20.3 Å². The fourth-order valence-electron chi connectivity index (χ4n) is 3.69. The molecule has 1 spiro atoms. The van der Waals surface area contributed by atoms with Crippen molar-refractivity contribution in [1.82, 2.24) is 20.4 Å². The van der Waals surface area contributed by atoms with Crippen LogP contribution in [0.1, 0.15) is 38.5 Å². The Kier molecular flexibility index (Phi) is 5.23. The number of amides is 5. The Morgan fingerprint density at radius 2 is 1.96 bits per heavy atom. The first-order valence-corrected chi connectivity index (χ1v) is 8.87. The highest BCUT2D eigenvalue weighted by Crippen LogP contribution is 2.34. The molecule has 2 heterocycles. The lowest BCUT2D eigenvalue weighted by atomic mass is 9.98. The Bertz CT molecular complexity index is 496. The second-order valence-corrected chi connectivity index (χ2v) is 6.71. The lowest BCUT2D eigenvalue weighted by Gasteiger charge is -2.21. The van der Waals surface area contributed by atoms with E-state index < -0.39 is 5.54 Å². The van der Waals surface area contributed by atoms with Gasteiger partial charge in [0.05, 0.1) is 6.61 Å². The number of carbonyl (C=O) groups is 3. The zero-order valence-corrected chi connectivity index (χ0v) is 14.0. The van der Waals surface area contributed by atoms with E-state index in [9.17, 15) is 14.4 Å². The molecule has 3 fully saturated rings. The summed E-state index contributed by atoms with van der Waals surface area (Å²) in [6.07, 6.45) is 4.85. The van der Waals surface area contributed by atoms with E-state index in [2.05, 4.69) is 10.6 Å². The van der Waals surface area contributed by atoms with E-state index >= 15 is 0 Å². The summed E-state index contributed by atoms with van der Waals surface area (Å²) in [6.45, 7) is 3.34. The van der Waals surface area contributed by atoms with Gasteiger partial charge in [-0.15, -0.1) is 0 Å². The van der Waals surface area contributed by atoms with Crippen LogP contribution in [0.3, 0.4) is 0 Å².